The van der Waals surface area contributed by atoms with Gasteiger partial charge in [-0.25, -0.2) is 0 Å². The van der Waals surface area contributed by atoms with Crippen LogP contribution in [0.5, 0.6) is 0 Å². The van der Waals surface area contributed by atoms with Crippen molar-refractivity contribution in [1.82, 2.24) is 0 Å². The second-order valence-electron chi connectivity index (χ2n) is 5.00. The topological polar surface area (TPSA) is 46.2 Å². The summed E-state index contributed by atoms with van der Waals surface area (Å²) in [5.74, 6) is 0. The Balaban J connectivity index is 3.01. The molecule has 0 aliphatic carbocycles. The molecule has 90 valence electrons. The van der Waals surface area contributed by atoms with Gasteiger partial charge in [0.15, 0.2) is 0 Å². The standard InChI is InChI=1S/C12H17Cl2NO/c1-12(2,3)11(16)10(15)8-5-4-7(13)6-9(8)14/h4-6,10-11,16H,15H2,1-3H3/t10-,11-/m1/s1. The van der Waals surface area contributed by atoms with Gasteiger partial charge in [-0.2, -0.15) is 0 Å². The Morgan fingerprint density at radius 3 is 2.25 bits per heavy atom. The quantitative estimate of drug-likeness (QED) is 0.858. The van der Waals surface area contributed by atoms with Crippen LogP contribution in [-0.4, -0.2) is 11.2 Å². The summed E-state index contributed by atoms with van der Waals surface area (Å²) in [6.07, 6.45) is -0.661. The summed E-state index contributed by atoms with van der Waals surface area (Å²) < 4.78 is 0. The van der Waals surface area contributed by atoms with E-state index in [9.17, 15) is 5.11 Å². The number of aliphatic hydroxyl groups is 1. The van der Waals surface area contributed by atoms with Crippen LogP contribution < -0.4 is 5.73 Å². The number of aliphatic hydroxyl groups excluding tert-OH is 1. The molecule has 0 spiro atoms. The van der Waals surface area contributed by atoms with Gasteiger partial charge >= 0.3 is 0 Å². The van der Waals surface area contributed by atoms with E-state index in [4.69, 9.17) is 28.9 Å². The van der Waals surface area contributed by atoms with Crippen LogP contribution in [0.1, 0.15) is 32.4 Å². The molecule has 2 atom stereocenters. The van der Waals surface area contributed by atoms with Crippen LogP contribution in [0.2, 0.25) is 10.0 Å². The first kappa shape index (κ1) is 13.8. The van der Waals surface area contributed by atoms with E-state index in [0.29, 0.717) is 15.6 Å². The van der Waals surface area contributed by atoms with Crippen LogP contribution in [0.15, 0.2) is 18.2 Å². The molecule has 0 radical (unpaired) electrons. The van der Waals surface area contributed by atoms with Crippen LogP contribution in [0.3, 0.4) is 0 Å². The lowest BCUT2D eigenvalue weighted by atomic mass is 9.82. The van der Waals surface area contributed by atoms with E-state index in [0.717, 1.165) is 0 Å². The van der Waals surface area contributed by atoms with Crippen molar-refractivity contribution in [2.75, 3.05) is 0 Å². The molecule has 1 rings (SSSR count). The molecule has 1 aromatic carbocycles. The molecule has 1 aromatic rings. The molecule has 0 fully saturated rings. The van der Waals surface area contributed by atoms with E-state index in [-0.39, 0.29) is 5.41 Å². The average Bonchev–Trinajstić information content (AvgIpc) is 2.14. The zero-order chi connectivity index (χ0) is 12.5. The van der Waals surface area contributed by atoms with E-state index in [1.54, 1.807) is 18.2 Å². The summed E-state index contributed by atoms with van der Waals surface area (Å²) in [7, 11) is 0. The fourth-order valence-corrected chi connectivity index (χ4v) is 2.02. The van der Waals surface area contributed by atoms with Gasteiger partial charge in [-0.15, -0.1) is 0 Å². The van der Waals surface area contributed by atoms with Crippen molar-refractivity contribution < 1.29 is 5.11 Å². The number of hydrogen-bond donors (Lipinski definition) is 2. The van der Waals surface area contributed by atoms with Crippen LogP contribution in [-0.2, 0) is 0 Å². The zero-order valence-corrected chi connectivity index (χ0v) is 11.2. The van der Waals surface area contributed by atoms with Crippen molar-refractivity contribution in [3.05, 3.63) is 33.8 Å². The largest absolute Gasteiger partial charge is 0.391 e. The van der Waals surface area contributed by atoms with E-state index < -0.39 is 12.1 Å². The number of nitrogens with two attached hydrogens (primary N) is 1. The summed E-state index contributed by atoms with van der Waals surface area (Å²) in [5.41, 5.74) is 6.42. The van der Waals surface area contributed by atoms with Crippen molar-refractivity contribution in [1.29, 1.82) is 0 Å². The minimum absolute atomic E-state index is 0.289. The average molecular weight is 262 g/mol. The van der Waals surface area contributed by atoms with Gasteiger partial charge in [0.05, 0.1) is 12.1 Å². The highest BCUT2D eigenvalue weighted by Crippen LogP contribution is 2.32. The second kappa shape index (κ2) is 4.92. The molecule has 0 unspecified atom stereocenters. The third-order valence-electron chi connectivity index (χ3n) is 2.55. The summed E-state index contributed by atoms with van der Waals surface area (Å²) in [6.45, 7) is 5.80. The molecule has 0 aliphatic rings. The molecule has 0 amide bonds. The summed E-state index contributed by atoms with van der Waals surface area (Å²) in [6, 6.07) is 4.60. The molecule has 0 aromatic heterocycles. The van der Waals surface area contributed by atoms with Gasteiger partial charge in [0.25, 0.3) is 0 Å². The van der Waals surface area contributed by atoms with Crippen molar-refractivity contribution in [2.24, 2.45) is 11.1 Å². The molecule has 0 bridgehead atoms. The van der Waals surface area contributed by atoms with Gasteiger partial charge in [-0.3, -0.25) is 0 Å². The minimum atomic E-state index is -0.661. The van der Waals surface area contributed by atoms with Crippen LogP contribution in [0.4, 0.5) is 0 Å². The Morgan fingerprint density at radius 2 is 1.81 bits per heavy atom. The molecule has 4 heteroatoms. The van der Waals surface area contributed by atoms with E-state index >= 15 is 0 Å². The predicted molar refractivity (Wildman–Crippen MR) is 68.9 cm³/mol. The third kappa shape index (κ3) is 3.11. The molecule has 0 saturated heterocycles. The number of hydrogen-bond acceptors (Lipinski definition) is 2. The van der Waals surface area contributed by atoms with Crippen molar-refractivity contribution in [2.45, 2.75) is 32.9 Å². The fraction of sp³-hybridized carbons (Fsp3) is 0.500. The Labute approximate surface area is 106 Å². The lowest BCUT2D eigenvalue weighted by Crippen LogP contribution is -2.37. The maximum Gasteiger partial charge on any atom is 0.0781 e. The number of halogens is 2. The normalized spacial score (nSPS) is 15.9. The van der Waals surface area contributed by atoms with Crippen LogP contribution in [0.25, 0.3) is 0 Å². The van der Waals surface area contributed by atoms with Gasteiger partial charge in [-0.05, 0) is 23.1 Å². The highest BCUT2D eigenvalue weighted by molar-refractivity contribution is 6.35. The van der Waals surface area contributed by atoms with Gasteiger partial charge in [0, 0.05) is 10.0 Å². The number of benzene rings is 1. The monoisotopic (exact) mass is 261 g/mol. The number of rotatable bonds is 2. The molecule has 2 nitrogen and oxygen atoms in total. The van der Waals surface area contributed by atoms with Gasteiger partial charge in [-0.1, -0.05) is 50.0 Å². The lowest BCUT2D eigenvalue weighted by molar-refractivity contribution is 0.0401. The maximum atomic E-state index is 10.1. The summed E-state index contributed by atoms with van der Waals surface area (Å²) in [5, 5.41) is 11.1. The Hall–Kier alpha value is -0.280. The highest BCUT2D eigenvalue weighted by atomic mass is 35.5. The van der Waals surface area contributed by atoms with Crippen molar-refractivity contribution in [3.8, 4) is 0 Å². The van der Waals surface area contributed by atoms with Gasteiger partial charge in [0.1, 0.15) is 0 Å². The first-order valence-corrected chi connectivity index (χ1v) is 5.87. The van der Waals surface area contributed by atoms with Gasteiger partial charge in [0.2, 0.25) is 0 Å². The molecule has 3 N–H and O–H groups in total. The van der Waals surface area contributed by atoms with Crippen molar-refractivity contribution >= 4 is 23.2 Å². The molecule has 0 aliphatic heterocycles. The van der Waals surface area contributed by atoms with E-state index in [2.05, 4.69) is 0 Å². The first-order valence-electron chi connectivity index (χ1n) is 5.12. The highest BCUT2D eigenvalue weighted by Gasteiger charge is 2.30. The summed E-state index contributed by atoms with van der Waals surface area (Å²) >= 11 is 11.8. The Bertz CT molecular complexity index is 374. The van der Waals surface area contributed by atoms with Crippen LogP contribution >= 0.6 is 23.2 Å². The fourth-order valence-electron chi connectivity index (χ4n) is 1.48. The molecule has 16 heavy (non-hydrogen) atoms. The Morgan fingerprint density at radius 1 is 1.25 bits per heavy atom. The van der Waals surface area contributed by atoms with Crippen LogP contribution in [0, 0.1) is 5.41 Å². The van der Waals surface area contributed by atoms with Gasteiger partial charge < -0.3 is 10.8 Å². The lowest BCUT2D eigenvalue weighted by Gasteiger charge is -2.31. The Kier molecular flexibility index (Phi) is 4.24. The minimum Gasteiger partial charge on any atom is -0.391 e. The molecule has 0 heterocycles. The van der Waals surface area contributed by atoms with E-state index in [1.165, 1.54) is 0 Å². The maximum absolute atomic E-state index is 10.1. The molecular formula is C12H17Cl2NO. The second-order valence-corrected chi connectivity index (χ2v) is 5.85. The SMILES string of the molecule is CC(C)(C)[C@H](O)[C@H](N)c1ccc(Cl)cc1Cl. The molecule has 0 saturated carbocycles. The van der Waals surface area contributed by atoms with Crippen molar-refractivity contribution in [3.63, 3.8) is 0 Å². The molecular weight excluding hydrogens is 245 g/mol. The predicted octanol–water partition coefficient (Wildman–Crippen LogP) is 3.40. The smallest absolute Gasteiger partial charge is 0.0781 e. The van der Waals surface area contributed by atoms with E-state index in [1.807, 2.05) is 20.8 Å². The third-order valence-corrected chi connectivity index (χ3v) is 3.11. The first-order chi connectivity index (χ1) is 7.23. The zero-order valence-electron chi connectivity index (χ0n) is 9.67. The summed E-state index contributed by atoms with van der Waals surface area (Å²) in [4.78, 5) is 0.